The van der Waals surface area contributed by atoms with Gasteiger partial charge in [-0.1, -0.05) is 53.6 Å². The van der Waals surface area contributed by atoms with E-state index in [0.717, 1.165) is 23.5 Å². The Hall–Kier alpha value is -3.38. The Morgan fingerprint density at radius 2 is 1.61 bits per heavy atom. The topological polar surface area (TPSA) is 64.7 Å². The molecule has 4 aromatic rings. The largest absolute Gasteiger partial charge is 0.331 e. The van der Waals surface area contributed by atoms with E-state index in [1.54, 1.807) is 17.8 Å². The molecule has 1 N–H and O–H groups in total. The number of carbonyl (C=O) groups excluding carboxylic acids is 1. The molecule has 0 aliphatic heterocycles. The van der Waals surface area contributed by atoms with Crippen molar-refractivity contribution in [3.8, 4) is 0 Å². The third-order valence-corrected chi connectivity index (χ3v) is 5.62. The van der Waals surface area contributed by atoms with Crippen LogP contribution in [0.1, 0.15) is 38.6 Å². The molecule has 0 unspecified atom stereocenters. The van der Waals surface area contributed by atoms with Crippen LogP contribution in [0.2, 0.25) is 5.15 Å². The highest BCUT2D eigenvalue weighted by atomic mass is 35.5. The molecule has 0 aliphatic rings. The Morgan fingerprint density at radius 3 is 2.26 bits per heavy atom. The Labute approximate surface area is 186 Å². The van der Waals surface area contributed by atoms with Crippen LogP contribution in [0.4, 0.5) is 5.69 Å². The van der Waals surface area contributed by atoms with Crippen molar-refractivity contribution in [3.05, 3.63) is 99.8 Å². The summed E-state index contributed by atoms with van der Waals surface area (Å²) in [6.45, 7) is 7.05. The Morgan fingerprint density at radius 1 is 0.968 bits per heavy atom. The van der Waals surface area contributed by atoms with E-state index in [9.17, 15) is 4.79 Å². The van der Waals surface area contributed by atoms with Crippen LogP contribution in [-0.4, -0.2) is 25.2 Å². The molecule has 7 heteroatoms. The fourth-order valence-electron chi connectivity index (χ4n) is 3.44. The Bertz CT molecular complexity index is 1210. The number of aryl methyl sites for hydroxylation is 3. The number of halogens is 1. The number of hydrogen-bond donors (Lipinski definition) is 1. The second-order valence-electron chi connectivity index (χ2n) is 7.65. The molecule has 2 aromatic heterocycles. The first-order valence-electron chi connectivity index (χ1n) is 10.1. The lowest BCUT2D eigenvalue weighted by atomic mass is 10.1. The van der Waals surface area contributed by atoms with E-state index in [-0.39, 0.29) is 5.91 Å². The van der Waals surface area contributed by atoms with Crippen LogP contribution in [0.25, 0.3) is 0 Å². The van der Waals surface area contributed by atoms with Crippen molar-refractivity contribution < 1.29 is 4.79 Å². The summed E-state index contributed by atoms with van der Waals surface area (Å²) in [5.74, 6) is 0.695. The van der Waals surface area contributed by atoms with Crippen LogP contribution in [-0.2, 0) is 13.1 Å². The average molecular weight is 434 g/mol. The van der Waals surface area contributed by atoms with Crippen molar-refractivity contribution in [1.29, 1.82) is 0 Å². The number of amides is 1. The zero-order valence-corrected chi connectivity index (χ0v) is 18.5. The van der Waals surface area contributed by atoms with E-state index >= 15 is 0 Å². The van der Waals surface area contributed by atoms with Gasteiger partial charge in [0, 0.05) is 24.6 Å². The zero-order valence-electron chi connectivity index (χ0n) is 17.8. The molecule has 31 heavy (non-hydrogen) atoms. The molecule has 0 atom stereocenters. The highest BCUT2D eigenvalue weighted by Gasteiger charge is 2.20. The van der Waals surface area contributed by atoms with E-state index in [0.29, 0.717) is 28.6 Å². The predicted octanol–water partition coefficient (Wildman–Crippen LogP) is 5.01. The maximum Gasteiger partial charge on any atom is 0.260 e. The van der Waals surface area contributed by atoms with Crippen LogP contribution in [0.15, 0.2) is 60.9 Å². The number of carbonyl (C=O) groups is 1. The van der Waals surface area contributed by atoms with E-state index < -0.39 is 0 Å². The van der Waals surface area contributed by atoms with Crippen molar-refractivity contribution in [2.24, 2.45) is 0 Å². The van der Waals surface area contributed by atoms with Gasteiger partial charge in [-0.2, -0.15) is 5.10 Å². The fraction of sp³-hybridized carbons (Fsp3) is 0.208. The number of rotatable bonds is 6. The van der Waals surface area contributed by atoms with Gasteiger partial charge in [0.25, 0.3) is 5.91 Å². The number of anilines is 1. The molecule has 0 saturated heterocycles. The van der Waals surface area contributed by atoms with Gasteiger partial charge in [-0.05, 0) is 44.0 Å². The highest BCUT2D eigenvalue weighted by molar-refractivity contribution is 6.33. The van der Waals surface area contributed by atoms with Crippen molar-refractivity contribution in [3.63, 3.8) is 0 Å². The first kappa shape index (κ1) is 20.9. The molecule has 0 spiro atoms. The number of hydrogen-bond acceptors (Lipinski definition) is 3. The quantitative estimate of drug-likeness (QED) is 0.465. The summed E-state index contributed by atoms with van der Waals surface area (Å²) >= 11 is 6.52. The van der Waals surface area contributed by atoms with Gasteiger partial charge in [-0.15, -0.1) is 0 Å². The minimum absolute atomic E-state index is 0.268. The minimum atomic E-state index is -0.268. The second kappa shape index (κ2) is 8.78. The van der Waals surface area contributed by atoms with Gasteiger partial charge in [0.05, 0.1) is 17.8 Å². The summed E-state index contributed by atoms with van der Waals surface area (Å²) in [5.41, 5.74) is 5.09. The lowest BCUT2D eigenvalue weighted by Gasteiger charge is -2.08. The first-order chi connectivity index (χ1) is 14.9. The number of imidazole rings is 1. The van der Waals surface area contributed by atoms with Gasteiger partial charge in [0.2, 0.25) is 0 Å². The lowest BCUT2D eigenvalue weighted by Crippen LogP contribution is -2.13. The van der Waals surface area contributed by atoms with E-state index in [1.165, 1.54) is 5.56 Å². The van der Waals surface area contributed by atoms with E-state index in [2.05, 4.69) is 20.0 Å². The molecule has 158 valence electrons. The van der Waals surface area contributed by atoms with Crippen LogP contribution in [0.5, 0.6) is 0 Å². The molecular formula is C24H24ClN5O. The molecule has 0 saturated carbocycles. The van der Waals surface area contributed by atoms with Crippen molar-refractivity contribution in [2.75, 3.05) is 5.32 Å². The van der Waals surface area contributed by atoms with Gasteiger partial charge in [0.1, 0.15) is 11.0 Å². The molecule has 0 aliphatic carbocycles. The molecule has 2 aromatic carbocycles. The molecule has 0 bridgehead atoms. The van der Waals surface area contributed by atoms with Crippen molar-refractivity contribution >= 4 is 23.2 Å². The zero-order chi connectivity index (χ0) is 22.0. The number of benzene rings is 2. The molecule has 6 nitrogen and oxygen atoms in total. The molecule has 4 rings (SSSR count). The summed E-state index contributed by atoms with van der Waals surface area (Å²) in [7, 11) is 0. The first-order valence-corrected chi connectivity index (χ1v) is 10.4. The predicted molar refractivity (Wildman–Crippen MR) is 123 cm³/mol. The highest BCUT2D eigenvalue weighted by Crippen LogP contribution is 2.23. The van der Waals surface area contributed by atoms with Crippen molar-refractivity contribution in [1.82, 2.24) is 19.3 Å². The minimum Gasteiger partial charge on any atom is -0.331 e. The van der Waals surface area contributed by atoms with Gasteiger partial charge in [-0.3, -0.25) is 4.79 Å². The van der Waals surface area contributed by atoms with Gasteiger partial charge in [0.15, 0.2) is 0 Å². The normalized spacial score (nSPS) is 11.0. The maximum atomic E-state index is 12.9. The summed E-state index contributed by atoms with van der Waals surface area (Å²) in [5, 5.41) is 7.73. The van der Waals surface area contributed by atoms with E-state index in [1.807, 2.05) is 68.6 Å². The fourth-order valence-corrected chi connectivity index (χ4v) is 3.76. The summed E-state index contributed by atoms with van der Waals surface area (Å²) in [6.07, 6.45) is 3.74. The molecule has 0 radical (unpaired) electrons. The van der Waals surface area contributed by atoms with Crippen molar-refractivity contribution in [2.45, 2.75) is 33.9 Å². The smallest absolute Gasteiger partial charge is 0.260 e. The summed E-state index contributed by atoms with van der Waals surface area (Å²) < 4.78 is 3.73. The number of nitrogens with zero attached hydrogens (tertiary/aromatic N) is 4. The third kappa shape index (κ3) is 4.70. The third-order valence-electron chi connectivity index (χ3n) is 5.23. The standard InChI is InChI=1S/C24H24ClN5O/c1-16-4-6-20(7-5-16)15-30-23(25)22(17(2)28-30)24(31)27-21-10-8-19(9-11-21)14-29-13-12-26-18(29)3/h4-13H,14-15H2,1-3H3,(H,27,31). The van der Waals surface area contributed by atoms with Crippen LogP contribution >= 0.6 is 11.6 Å². The van der Waals surface area contributed by atoms with Gasteiger partial charge in [-0.25, -0.2) is 9.67 Å². The van der Waals surface area contributed by atoms with Crippen LogP contribution in [0, 0.1) is 20.8 Å². The van der Waals surface area contributed by atoms with Gasteiger partial charge < -0.3 is 9.88 Å². The molecule has 0 fully saturated rings. The Kier molecular flexibility index (Phi) is 5.91. The maximum absolute atomic E-state index is 12.9. The second-order valence-corrected chi connectivity index (χ2v) is 8.01. The molecule has 1 amide bonds. The number of nitrogens with one attached hydrogen (secondary N) is 1. The summed E-state index contributed by atoms with van der Waals surface area (Å²) in [4.78, 5) is 17.1. The lowest BCUT2D eigenvalue weighted by molar-refractivity contribution is 0.102. The van der Waals surface area contributed by atoms with Crippen LogP contribution < -0.4 is 5.32 Å². The SMILES string of the molecule is Cc1ccc(Cn2nc(C)c(C(=O)Nc3ccc(Cn4ccnc4C)cc3)c2Cl)cc1. The number of aromatic nitrogens is 4. The molecular weight excluding hydrogens is 410 g/mol. The summed E-state index contributed by atoms with van der Waals surface area (Å²) in [6, 6.07) is 15.9. The van der Waals surface area contributed by atoms with Gasteiger partial charge >= 0.3 is 0 Å². The Balaban J connectivity index is 1.46. The van der Waals surface area contributed by atoms with E-state index in [4.69, 9.17) is 11.6 Å². The molecule has 2 heterocycles. The monoisotopic (exact) mass is 433 g/mol. The van der Waals surface area contributed by atoms with Crippen LogP contribution in [0.3, 0.4) is 0 Å². The average Bonchev–Trinajstić information content (AvgIpc) is 3.27.